The van der Waals surface area contributed by atoms with Gasteiger partial charge >= 0.3 is 0 Å². The Hall–Kier alpha value is -2.09. The van der Waals surface area contributed by atoms with E-state index >= 15 is 0 Å². The molecule has 0 spiro atoms. The van der Waals surface area contributed by atoms with Crippen molar-refractivity contribution in [3.8, 4) is 0 Å². The molecule has 23 heavy (non-hydrogen) atoms. The fourth-order valence-corrected chi connectivity index (χ4v) is 1.98. The Labute approximate surface area is 141 Å². The molecule has 0 saturated carbocycles. The topological polar surface area (TPSA) is 83.8 Å². The van der Waals surface area contributed by atoms with Crippen LogP contribution in [0.15, 0.2) is 18.5 Å². The molecular weight excluding hydrogens is 316 g/mol. The van der Waals surface area contributed by atoms with Gasteiger partial charge in [-0.2, -0.15) is 15.0 Å². The molecule has 0 N–H and O–H groups in total. The zero-order chi connectivity index (χ0) is 17.1. The van der Waals surface area contributed by atoms with Crippen molar-refractivity contribution in [2.75, 3.05) is 36.0 Å². The number of rotatable bonds is 6. The normalized spacial score (nSPS) is 9.78. The Kier molecular flexibility index (Phi) is 8.74. The third-order valence-corrected chi connectivity index (χ3v) is 3.25. The van der Waals surface area contributed by atoms with Gasteiger partial charge in [0.25, 0.3) is 0 Å². The summed E-state index contributed by atoms with van der Waals surface area (Å²) < 4.78 is 0. The van der Waals surface area contributed by atoms with E-state index < -0.39 is 0 Å². The van der Waals surface area contributed by atoms with E-state index in [0.717, 1.165) is 26.2 Å². The Bertz CT molecular complexity index is 489. The minimum Gasteiger partial charge on any atom is -0.341 e. The molecule has 0 saturated heterocycles. The maximum Gasteiger partial charge on any atom is 0.231 e. The average molecular weight is 339 g/mol. The fourth-order valence-electron chi connectivity index (χ4n) is 1.83. The van der Waals surface area contributed by atoms with E-state index in [2.05, 4.69) is 67.9 Å². The van der Waals surface area contributed by atoms with Crippen LogP contribution in [0, 0.1) is 0 Å². The number of aromatic nitrogens is 6. The maximum absolute atomic E-state index is 5.95. The molecule has 0 aromatic carbocycles. The molecule has 2 rings (SSSR count). The predicted octanol–water partition coefficient (Wildman–Crippen LogP) is 2.09. The highest BCUT2D eigenvalue weighted by Crippen LogP contribution is 2.16. The number of nitrogens with zero attached hydrogens (tertiary/aromatic N) is 8. The van der Waals surface area contributed by atoms with E-state index in [-0.39, 0.29) is 5.28 Å². The lowest BCUT2D eigenvalue weighted by Crippen LogP contribution is -2.28. The van der Waals surface area contributed by atoms with Crippen LogP contribution in [0.3, 0.4) is 0 Å². The van der Waals surface area contributed by atoms with Crippen molar-refractivity contribution in [2.45, 2.75) is 27.7 Å². The van der Waals surface area contributed by atoms with Gasteiger partial charge in [0.15, 0.2) is 0 Å². The largest absolute Gasteiger partial charge is 0.341 e. The maximum atomic E-state index is 5.95. The predicted molar refractivity (Wildman–Crippen MR) is 91.8 cm³/mol. The van der Waals surface area contributed by atoms with Crippen molar-refractivity contribution in [3.05, 3.63) is 23.7 Å². The Morgan fingerprint density at radius 1 is 0.783 bits per heavy atom. The van der Waals surface area contributed by atoms with Gasteiger partial charge in [0.2, 0.25) is 17.2 Å². The highest BCUT2D eigenvalue weighted by molar-refractivity contribution is 6.28. The number of halogens is 1. The molecule has 0 aliphatic carbocycles. The van der Waals surface area contributed by atoms with Crippen LogP contribution in [0.1, 0.15) is 27.7 Å². The van der Waals surface area contributed by atoms with Gasteiger partial charge in [-0.25, -0.2) is 0 Å². The van der Waals surface area contributed by atoms with Gasteiger partial charge < -0.3 is 9.80 Å². The lowest BCUT2D eigenvalue weighted by Gasteiger charge is -2.22. The van der Waals surface area contributed by atoms with Crippen LogP contribution in [-0.2, 0) is 0 Å². The monoisotopic (exact) mass is 338 g/mol. The van der Waals surface area contributed by atoms with Crippen LogP contribution < -0.4 is 9.80 Å². The minimum absolute atomic E-state index is 0.254. The molecule has 0 bridgehead atoms. The molecule has 8 nitrogen and oxygen atoms in total. The SMILES string of the molecule is CCN(CC)c1nc(Cl)nc(N(CC)CC)n1.c1cnnnc1. The first kappa shape index (κ1) is 19.0. The van der Waals surface area contributed by atoms with E-state index in [1.165, 1.54) is 0 Å². The molecule has 2 aromatic rings. The molecule has 0 unspecified atom stereocenters. The van der Waals surface area contributed by atoms with Gasteiger partial charge in [-0.05, 0) is 50.6 Å². The molecule has 0 aliphatic heterocycles. The molecule has 0 fully saturated rings. The summed E-state index contributed by atoms with van der Waals surface area (Å²) in [5.41, 5.74) is 0. The molecule has 126 valence electrons. The van der Waals surface area contributed by atoms with Crippen molar-refractivity contribution in [2.24, 2.45) is 0 Å². The van der Waals surface area contributed by atoms with Crippen LogP contribution in [0.25, 0.3) is 0 Å². The summed E-state index contributed by atoms with van der Waals surface area (Å²) in [6, 6.07) is 1.72. The van der Waals surface area contributed by atoms with Gasteiger partial charge in [0, 0.05) is 26.2 Å². The molecule has 2 heterocycles. The van der Waals surface area contributed by atoms with Crippen molar-refractivity contribution in [3.63, 3.8) is 0 Å². The second-order valence-electron chi connectivity index (χ2n) is 4.36. The van der Waals surface area contributed by atoms with Crippen molar-refractivity contribution < 1.29 is 0 Å². The second-order valence-corrected chi connectivity index (χ2v) is 4.70. The number of hydrogen-bond donors (Lipinski definition) is 0. The van der Waals surface area contributed by atoms with Gasteiger partial charge in [-0.1, -0.05) is 0 Å². The van der Waals surface area contributed by atoms with E-state index in [1.807, 2.05) is 0 Å². The number of anilines is 2. The number of hydrogen-bond acceptors (Lipinski definition) is 8. The summed E-state index contributed by atoms with van der Waals surface area (Å²) in [5, 5.41) is 10.4. The summed E-state index contributed by atoms with van der Waals surface area (Å²) in [6.07, 6.45) is 3.15. The van der Waals surface area contributed by atoms with Gasteiger partial charge in [-0.3, -0.25) is 0 Å². The molecule has 0 atom stereocenters. The summed E-state index contributed by atoms with van der Waals surface area (Å²) >= 11 is 5.95. The third-order valence-electron chi connectivity index (χ3n) is 3.09. The highest BCUT2D eigenvalue weighted by atomic mass is 35.5. The second kappa shape index (κ2) is 10.6. The highest BCUT2D eigenvalue weighted by Gasteiger charge is 2.13. The van der Waals surface area contributed by atoms with Gasteiger partial charge in [0.05, 0.1) is 12.4 Å². The summed E-state index contributed by atoms with van der Waals surface area (Å²) in [7, 11) is 0. The fraction of sp³-hybridized carbons (Fsp3) is 0.571. The molecule has 9 heteroatoms. The van der Waals surface area contributed by atoms with E-state index in [0.29, 0.717) is 11.9 Å². The van der Waals surface area contributed by atoms with Crippen LogP contribution in [0.4, 0.5) is 11.9 Å². The third kappa shape index (κ3) is 6.27. The first-order valence-corrected chi connectivity index (χ1v) is 8.03. The quantitative estimate of drug-likeness (QED) is 0.791. The van der Waals surface area contributed by atoms with Crippen LogP contribution in [0.2, 0.25) is 5.28 Å². The van der Waals surface area contributed by atoms with E-state index in [9.17, 15) is 0 Å². The van der Waals surface area contributed by atoms with Gasteiger partial charge in [-0.15, -0.1) is 10.2 Å². The minimum atomic E-state index is 0.254. The van der Waals surface area contributed by atoms with Crippen molar-refractivity contribution >= 4 is 23.5 Å². The molecule has 0 radical (unpaired) electrons. The smallest absolute Gasteiger partial charge is 0.231 e. The standard InChI is InChI=1S/C11H20ClN5.C3H3N3/c1-5-16(6-2)10-13-9(12)14-11(15-10)17(7-3)8-4;1-2-4-6-5-3-1/h5-8H2,1-4H3;1-3H. The first-order chi connectivity index (χ1) is 11.2. The van der Waals surface area contributed by atoms with Crippen LogP contribution >= 0.6 is 11.6 Å². The summed E-state index contributed by atoms with van der Waals surface area (Å²) in [5.74, 6) is 1.30. The lowest BCUT2D eigenvalue weighted by atomic mass is 10.5. The zero-order valence-electron chi connectivity index (χ0n) is 14.0. The summed E-state index contributed by atoms with van der Waals surface area (Å²) in [6.45, 7) is 11.7. The van der Waals surface area contributed by atoms with Crippen LogP contribution in [-0.4, -0.2) is 56.5 Å². The molecule has 0 amide bonds. The summed E-state index contributed by atoms with van der Waals surface area (Å²) in [4.78, 5) is 16.9. The molecule has 2 aromatic heterocycles. The Morgan fingerprint density at radius 3 is 1.48 bits per heavy atom. The first-order valence-electron chi connectivity index (χ1n) is 7.65. The Morgan fingerprint density at radius 2 is 1.22 bits per heavy atom. The van der Waals surface area contributed by atoms with Crippen LogP contribution in [0.5, 0.6) is 0 Å². The van der Waals surface area contributed by atoms with Crippen molar-refractivity contribution in [1.29, 1.82) is 0 Å². The van der Waals surface area contributed by atoms with Gasteiger partial charge in [0.1, 0.15) is 0 Å². The molecular formula is C14H23ClN8. The zero-order valence-corrected chi connectivity index (χ0v) is 14.8. The van der Waals surface area contributed by atoms with E-state index in [4.69, 9.17) is 11.6 Å². The lowest BCUT2D eigenvalue weighted by molar-refractivity contribution is 0.776. The van der Waals surface area contributed by atoms with E-state index in [1.54, 1.807) is 18.5 Å². The Balaban J connectivity index is 0.000000366. The average Bonchev–Trinajstić information content (AvgIpc) is 2.59. The van der Waals surface area contributed by atoms with Crippen molar-refractivity contribution in [1.82, 2.24) is 30.4 Å². The molecule has 0 aliphatic rings.